The lowest BCUT2D eigenvalue weighted by Crippen LogP contribution is -2.29. The molecule has 0 unspecified atom stereocenters. The van der Waals surface area contributed by atoms with Crippen molar-refractivity contribution in [2.45, 2.75) is 18.3 Å². The molecule has 7 heteroatoms. The molecule has 27 heavy (non-hydrogen) atoms. The summed E-state index contributed by atoms with van der Waals surface area (Å²) in [6, 6.07) is 12.2. The molecular formula is C20H17FN2O4. The molecule has 3 heterocycles. The van der Waals surface area contributed by atoms with Crippen LogP contribution in [-0.2, 0) is 16.6 Å². The minimum atomic E-state index is -0.510. The van der Waals surface area contributed by atoms with Crippen molar-refractivity contribution in [3.63, 3.8) is 0 Å². The Morgan fingerprint density at radius 3 is 2.70 bits per heavy atom. The normalized spacial score (nSPS) is 20.9. The van der Waals surface area contributed by atoms with Crippen molar-refractivity contribution in [1.29, 1.82) is 0 Å². The zero-order valence-corrected chi connectivity index (χ0v) is 14.5. The number of halogens is 1. The van der Waals surface area contributed by atoms with Crippen LogP contribution < -0.4 is 9.47 Å². The number of rotatable bonds is 4. The van der Waals surface area contributed by atoms with Crippen molar-refractivity contribution in [3.05, 3.63) is 71.1 Å². The highest BCUT2D eigenvalue weighted by molar-refractivity contribution is 5.45. The van der Waals surface area contributed by atoms with Crippen molar-refractivity contribution in [2.75, 3.05) is 20.0 Å². The quantitative estimate of drug-likeness (QED) is 0.704. The molecule has 0 bridgehead atoms. The summed E-state index contributed by atoms with van der Waals surface area (Å²) in [6.07, 6.45) is 1.21. The summed E-state index contributed by atoms with van der Waals surface area (Å²) in [5.74, 6) is 2.27. The molecule has 1 aromatic heterocycles. The van der Waals surface area contributed by atoms with Gasteiger partial charge in [-0.15, -0.1) is 0 Å². The monoisotopic (exact) mass is 368 g/mol. The zero-order valence-electron chi connectivity index (χ0n) is 14.5. The molecule has 1 fully saturated rings. The number of fused-ring (bicyclic) bond motifs is 1. The first-order valence-electron chi connectivity index (χ1n) is 8.78. The third-order valence-corrected chi connectivity index (χ3v) is 5.11. The highest BCUT2D eigenvalue weighted by atomic mass is 19.1. The standard InChI is InChI=1S/C20H17FN2O4/c21-15-4-2-14(3-5-15)20(7-8-24-11-20)19-22-18(27-23-19)10-13-1-6-16-17(9-13)26-12-25-16/h1-6,9H,7-8,10-12H2/t20-/m1/s1. The average Bonchev–Trinajstić information content (AvgIpc) is 3.43. The fourth-order valence-corrected chi connectivity index (χ4v) is 3.61. The number of ether oxygens (including phenoxy) is 3. The van der Waals surface area contributed by atoms with E-state index in [1.165, 1.54) is 12.1 Å². The predicted molar refractivity (Wildman–Crippen MR) is 92.3 cm³/mol. The van der Waals surface area contributed by atoms with E-state index in [1.54, 1.807) is 12.1 Å². The Kier molecular flexibility index (Phi) is 3.82. The smallest absolute Gasteiger partial charge is 0.231 e. The molecule has 2 aliphatic heterocycles. The Labute approximate surface area is 154 Å². The third kappa shape index (κ3) is 2.84. The van der Waals surface area contributed by atoms with Crippen molar-refractivity contribution in [2.24, 2.45) is 0 Å². The molecule has 2 aromatic carbocycles. The molecule has 3 aromatic rings. The van der Waals surface area contributed by atoms with Crippen molar-refractivity contribution < 1.29 is 23.1 Å². The van der Waals surface area contributed by atoms with Gasteiger partial charge < -0.3 is 18.7 Å². The summed E-state index contributed by atoms with van der Waals surface area (Å²) >= 11 is 0. The van der Waals surface area contributed by atoms with E-state index in [4.69, 9.17) is 18.7 Å². The van der Waals surface area contributed by atoms with Gasteiger partial charge in [0.1, 0.15) is 5.82 Å². The van der Waals surface area contributed by atoms with Gasteiger partial charge in [-0.05, 0) is 41.8 Å². The van der Waals surface area contributed by atoms with Gasteiger partial charge in [-0.1, -0.05) is 23.4 Å². The van der Waals surface area contributed by atoms with Crippen LogP contribution in [0.2, 0.25) is 0 Å². The molecule has 0 amide bonds. The van der Waals surface area contributed by atoms with E-state index >= 15 is 0 Å². The molecule has 1 atom stereocenters. The summed E-state index contributed by atoms with van der Waals surface area (Å²) in [7, 11) is 0. The molecule has 5 rings (SSSR count). The third-order valence-electron chi connectivity index (χ3n) is 5.11. The topological polar surface area (TPSA) is 66.6 Å². The van der Waals surface area contributed by atoms with Crippen LogP contribution in [0, 0.1) is 5.82 Å². The van der Waals surface area contributed by atoms with E-state index < -0.39 is 5.41 Å². The van der Waals surface area contributed by atoms with Gasteiger partial charge in [-0.25, -0.2) is 4.39 Å². The molecule has 0 aliphatic carbocycles. The maximum atomic E-state index is 13.3. The average molecular weight is 368 g/mol. The van der Waals surface area contributed by atoms with Crippen LogP contribution in [-0.4, -0.2) is 30.1 Å². The minimum Gasteiger partial charge on any atom is -0.454 e. The number of benzene rings is 2. The van der Waals surface area contributed by atoms with Crippen molar-refractivity contribution >= 4 is 0 Å². The summed E-state index contributed by atoms with van der Waals surface area (Å²) in [4.78, 5) is 4.63. The number of aromatic nitrogens is 2. The van der Waals surface area contributed by atoms with Crippen LogP contribution in [0.4, 0.5) is 4.39 Å². The molecule has 0 N–H and O–H groups in total. The molecule has 1 saturated heterocycles. The van der Waals surface area contributed by atoms with Gasteiger partial charge in [0.2, 0.25) is 12.7 Å². The van der Waals surface area contributed by atoms with Gasteiger partial charge in [0.05, 0.1) is 18.4 Å². The Hall–Kier alpha value is -2.93. The molecular weight excluding hydrogens is 351 g/mol. The predicted octanol–water partition coefficient (Wildman–Crippen LogP) is 3.23. The molecule has 138 valence electrons. The Balaban J connectivity index is 1.44. The lowest BCUT2D eigenvalue weighted by atomic mass is 9.79. The summed E-state index contributed by atoms with van der Waals surface area (Å²) in [6.45, 7) is 1.29. The fourth-order valence-electron chi connectivity index (χ4n) is 3.61. The van der Waals surface area contributed by atoms with Crippen molar-refractivity contribution in [1.82, 2.24) is 10.1 Å². The number of nitrogens with zero attached hydrogens (tertiary/aromatic N) is 2. The van der Waals surface area contributed by atoms with Gasteiger partial charge in [0, 0.05) is 6.61 Å². The van der Waals surface area contributed by atoms with E-state index in [0.717, 1.165) is 29.0 Å². The first-order valence-corrected chi connectivity index (χ1v) is 8.78. The summed E-state index contributed by atoms with van der Waals surface area (Å²) in [5.41, 5.74) is 1.41. The Morgan fingerprint density at radius 1 is 1.04 bits per heavy atom. The molecule has 0 radical (unpaired) electrons. The Morgan fingerprint density at radius 2 is 1.89 bits per heavy atom. The van der Waals surface area contributed by atoms with Gasteiger partial charge in [0.15, 0.2) is 17.3 Å². The SMILES string of the molecule is Fc1ccc([C@@]2(c3noc(Cc4ccc5c(c4)OCO5)n3)CCOC2)cc1. The van der Waals surface area contributed by atoms with E-state index in [9.17, 15) is 4.39 Å². The molecule has 2 aliphatic rings. The van der Waals surface area contributed by atoms with Crippen LogP contribution in [0.1, 0.15) is 29.3 Å². The van der Waals surface area contributed by atoms with Gasteiger partial charge in [-0.3, -0.25) is 0 Å². The highest BCUT2D eigenvalue weighted by Gasteiger charge is 2.42. The van der Waals surface area contributed by atoms with E-state index in [-0.39, 0.29) is 12.6 Å². The maximum absolute atomic E-state index is 13.3. The molecule has 6 nitrogen and oxygen atoms in total. The largest absolute Gasteiger partial charge is 0.454 e. The minimum absolute atomic E-state index is 0.240. The molecule has 0 saturated carbocycles. The fraction of sp³-hybridized carbons (Fsp3) is 0.300. The summed E-state index contributed by atoms with van der Waals surface area (Å²) < 4.78 is 35.2. The van der Waals surface area contributed by atoms with Crippen LogP contribution in [0.15, 0.2) is 47.0 Å². The van der Waals surface area contributed by atoms with Crippen LogP contribution in [0.25, 0.3) is 0 Å². The van der Waals surface area contributed by atoms with E-state index in [1.807, 2.05) is 18.2 Å². The lowest BCUT2D eigenvalue weighted by molar-refractivity contribution is 0.174. The number of hydrogen-bond donors (Lipinski definition) is 0. The first-order chi connectivity index (χ1) is 13.2. The first kappa shape index (κ1) is 16.3. The number of hydrogen-bond acceptors (Lipinski definition) is 6. The van der Waals surface area contributed by atoms with Gasteiger partial charge in [-0.2, -0.15) is 4.98 Å². The van der Waals surface area contributed by atoms with Crippen LogP contribution in [0.5, 0.6) is 11.5 Å². The second-order valence-electron chi connectivity index (χ2n) is 6.77. The maximum Gasteiger partial charge on any atom is 0.231 e. The Bertz CT molecular complexity index is 964. The van der Waals surface area contributed by atoms with Crippen LogP contribution >= 0.6 is 0 Å². The molecule has 0 spiro atoms. The van der Waals surface area contributed by atoms with Crippen molar-refractivity contribution in [3.8, 4) is 11.5 Å². The van der Waals surface area contributed by atoms with Gasteiger partial charge >= 0.3 is 0 Å². The second kappa shape index (κ2) is 6.35. The highest BCUT2D eigenvalue weighted by Crippen LogP contribution is 2.38. The van der Waals surface area contributed by atoms with Gasteiger partial charge in [0.25, 0.3) is 0 Å². The summed E-state index contributed by atoms with van der Waals surface area (Å²) in [5, 5.41) is 4.22. The lowest BCUT2D eigenvalue weighted by Gasteiger charge is -2.23. The van der Waals surface area contributed by atoms with E-state index in [0.29, 0.717) is 31.3 Å². The second-order valence-corrected chi connectivity index (χ2v) is 6.77. The van der Waals surface area contributed by atoms with Crippen LogP contribution in [0.3, 0.4) is 0 Å². The zero-order chi connectivity index (χ0) is 18.3. The van der Waals surface area contributed by atoms with E-state index in [2.05, 4.69) is 10.1 Å².